The molecule has 0 atom stereocenters. The summed E-state index contributed by atoms with van der Waals surface area (Å²) < 4.78 is 7.59. The molecule has 0 aliphatic rings. The molecule has 0 radical (unpaired) electrons. The Labute approximate surface area is 164 Å². The van der Waals surface area contributed by atoms with Crippen molar-refractivity contribution in [2.24, 2.45) is 0 Å². The van der Waals surface area contributed by atoms with E-state index in [1.807, 2.05) is 48.5 Å². The maximum atomic E-state index is 11.9. The Morgan fingerprint density at radius 3 is 2.44 bits per heavy atom. The van der Waals surface area contributed by atoms with Crippen LogP contribution in [0, 0.1) is 11.3 Å². The number of carbonyl (C=O) groups excluding carboxylic acids is 1. The summed E-state index contributed by atoms with van der Waals surface area (Å²) in [6.45, 7) is 0.448. The summed E-state index contributed by atoms with van der Waals surface area (Å²) in [5, 5.41) is 9.15. The number of hydrogen-bond donors (Lipinski definition) is 0. The quantitative estimate of drug-likeness (QED) is 0.473. The third-order valence-corrected chi connectivity index (χ3v) is 4.48. The Kier molecular flexibility index (Phi) is 6.80. The molecule has 0 unspecified atom stereocenters. The minimum absolute atomic E-state index is 0.0837. The van der Waals surface area contributed by atoms with Gasteiger partial charge in [-0.2, -0.15) is 5.26 Å². The summed E-state index contributed by atoms with van der Waals surface area (Å²) >= 11 is 6.87. The first-order chi connectivity index (χ1) is 11.9. The van der Waals surface area contributed by atoms with Gasteiger partial charge in [-0.3, -0.25) is 4.79 Å². The van der Waals surface area contributed by atoms with E-state index in [2.05, 4.69) is 31.9 Å². The van der Waals surface area contributed by atoms with Crippen LogP contribution in [0.3, 0.4) is 0 Å². The van der Waals surface area contributed by atoms with E-state index in [4.69, 9.17) is 10.00 Å². The highest BCUT2D eigenvalue weighted by atomic mass is 79.9. The van der Waals surface area contributed by atoms with Crippen molar-refractivity contribution in [3.8, 4) is 11.8 Å². The van der Waals surface area contributed by atoms with Crippen molar-refractivity contribution in [3.05, 3.63) is 68.1 Å². The van der Waals surface area contributed by atoms with Crippen LogP contribution in [-0.4, -0.2) is 24.9 Å². The molecular weight excluding hydrogens is 448 g/mol. The van der Waals surface area contributed by atoms with E-state index in [9.17, 15) is 4.79 Å². The van der Waals surface area contributed by atoms with Crippen LogP contribution in [0.15, 0.2) is 57.0 Å². The molecule has 0 saturated heterocycles. The monoisotopic (exact) mass is 462 g/mol. The topological polar surface area (TPSA) is 53.3 Å². The molecule has 2 aromatic carbocycles. The minimum Gasteiger partial charge on any atom is -0.488 e. The van der Waals surface area contributed by atoms with Crippen molar-refractivity contribution in [1.82, 2.24) is 4.90 Å². The number of halogens is 2. The molecule has 0 aromatic heterocycles. The summed E-state index contributed by atoms with van der Waals surface area (Å²) in [7, 11) is 3.23. The number of hydrogen-bond acceptors (Lipinski definition) is 3. The van der Waals surface area contributed by atoms with Gasteiger partial charge < -0.3 is 9.64 Å². The van der Waals surface area contributed by atoms with Crippen LogP contribution >= 0.6 is 31.9 Å². The molecule has 0 fully saturated rings. The summed E-state index contributed by atoms with van der Waals surface area (Å²) in [6.07, 6.45) is 1.56. The van der Waals surface area contributed by atoms with Crippen molar-refractivity contribution in [3.63, 3.8) is 0 Å². The maximum absolute atomic E-state index is 11.9. The predicted molar refractivity (Wildman–Crippen MR) is 105 cm³/mol. The molecule has 2 aromatic rings. The standard InChI is InChI=1S/C19H16Br2N2O2/c1-23(2)19(24)15(11-22)9-14-5-8-18(17(21)10-14)25-12-13-3-6-16(20)7-4-13/h3-10H,12H2,1-2H3/b15-9-. The van der Waals surface area contributed by atoms with Gasteiger partial charge in [-0.1, -0.05) is 34.1 Å². The first-order valence-electron chi connectivity index (χ1n) is 7.41. The van der Waals surface area contributed by atoms with Crippen molar-refractivity contribution >= 4 is 43.8 Å². The molecule has 1 amide bonds. The van der Waals surface area contributed by atoms with Crippen LogP contribution in [0.4, 0.5) is 0 Å². The fourth-order valence-corrected chi connectivity index (χ4v) is 2.79. The average molecular weight is 464 g/mol. The van der Waals surface area contributed by atoms with Gasteiger partial charge in [-0.05, 0) is 57.4 Å². The number of benzene rings is 2. The lowest BCUT2D eigenvalue weighted by Gasteiger charge is -2.10. The van der Waals surface area contributed by atoms with E-state index in [1.54, 1.807) is 20.2 Å². The molecule has 0 spiro atoms. The molecule has 0 aliphatic carbocycles. The predicted octanol–water partition coefficient (Wildman–Crippen LogP) is 4.79. The average Bonchev–Trinajstić information content (AvgIpc) is 2.59. The lowest BCUT2D eigenvalue weighted by Crippen LogP contribution is -2.22. The normalized spacial score (nSPS) is 10.9. The zero-order valence-corrected chi connectivity index (χ0v) is 17.0. The molecule has 0 N–H and O–H groups in total. The van der Waals surface area contributed by atoms with Crippen LogP contribution in [0.1, 0.15) is 11.1 Å². The van der Waals surface area contributed by atoms with E-state index in [0.717, 1.165) is 20.1 Å². The fourth-order valence-electron chi connectivity index (χ4n) is 2.02. The second-order valence-corrected chi connectivity index (χ2v) is 7.24. The molecule has 2 rings (SSSR count). The zero-order chi connectivity index (χ0) is 18.4. The van der Waals surface area contributed by atoms with Gasteiger partial charge in [0.05, 0.1) is 4.47 Å². The van der Waals surface area contributed by atoms with Crippen LogP contribution < -0.4 is 4.74 Å². The Bertz CT molecular complexity index is 837. The lowest BCUT2D eigenvalue weighted by molar-refractivity contribution is -0.124. The van der Waals surface area contributed by atoms with Gasteiger partial charge in [0.15, 0.2) is 0 Å². The smallest absolute Gasteiger partial charge is 0.264 e. The molecule has 0 heterocycles. The number of ether oxygens (including phenoxy) is 1. The molecule has 6 heteroatoms. The van der Waals surface area contributed by atoms with E-state index in [0.29, 0.717) is 12.4 Å². The zero-order valence-electron chi connectivity index (χ0n) is 13.8. The van der Waals surface area contributed by atoms with Crippen molar-refractivity contribution < 1.29 is 9.53 Å². The number of likely N-dealkylation sites (N-methyl/N-ethyl adjacent to an activating group) is 1. The minimum atomic E-state index is -0.325. The maximum Gasteiger partial charge on any atom is 0.264 e. The fraction of sp³-hybridized carbons (Fsp3) is 0.158. The van der Waals surface area contributed by atoms with Crippen LogP contribution in [0.5, 0.6) is 5.75 Å². The Morgan fingerprint density at radius 1 is 1.20 bits per heavy atom. The SMILES string of the molecule is CN(C)C(=O)/C(C#N)=C\c1ccc(OCc2ccc(Br)cc2)c(Br)c1. The van der Waals surface area contributed by atoms with Gasteiger partial charge in [0.1, 0.15) is 24.0 Å². The van der Waals surface area contributed by atoms with Gasteiger partial charge in [0.2, 0.25) is 0 Å². The van der Waals surface area contributed by atoms with Gasteiger partial charge in [-0.15, -0.1) is 0 Å². The van der Waals surface area contributed by atoms with Crippen LogP contribution in [0.25, 0.3) is 6.08 Å². The summed E-state index contributed by atoms with van der Waals surface area (Å²) in [6, 6.07) is 15.3. The van der Waals surface area contributed by atoms with Gasteiger partial charge in [0.25, 0.3) is 5.91 Å². The third-order valence-electron chi connectivity index (χ3n) is 3.33. The van der Waals surface area contributed by atoms with E-state index in [1.165, 1.54) is 4.90 Å². The highest BCUT2D eigenvalue weighted by molar-refractivity contribution is 9.10. The summed E-state index contributed by atoms with van der Waals surface area (Å²) in [5.74, 6) is 0.367. The van der Waals surface area contributed by atoms with Gasteiger partial charge in [-0.25, -0.2) is 0 Å². The molecule has 128 valence electrons. The van der Waals surface area contributed by atoms with Crippen molar-refractivity contribution in [2.75, 3.05) is 14.1 Å². The Balaban J connectivity index is 2.13. The summed E-state index contributed by atoms with van der Waals surface area (Å²) in [5.41, 5.74) is 1.89. The van der Waals surface area contributed by atoms with E-state index in [-0.39, 0.29) is 11.5 Å². The Hall–Kier alpha value is -2.10. The molecule has 25 heavy (non-hydrogen) atoms. The van der Waals surface area contributed by atoms with Crippen LogP contribution in [0.2, 0.25) is 0 Å². The molecule has 4 nitrogen and oxygen atoms in total. The number of carbonyl (C=O) groups is 1. The molecular formula is C19H16Br2N2O2. The largest absolute Gasteiger partial charge is 0.488 e. The highest BCUT2D eigenvalue weighted by Crippen LogP contribution is 2.28. The van der Waals surface area contributed by atoms with Crippen molar-refractivity contribution in [2.45, 2.75) is 6.61 Å². The highest BCUT2D eigenvalue weighted by Gasteiger charge is 2.11. The van der Waals surface area contributed by atoms with Gasteiger partial charge >= 0.3 is 0 Å². The Morgan fingerprint density at radius 2 is 1.88 bits per heavy atom. The van der Waals surface area contributed by atoms with E-state index >= 15 is 0 Å². The number of nitrogens with zero attached hydrogens (tertiary/aromatic N) is 2. The van der Waals surface area contributed by atoms with E-state index < -0.39 is 0 Å². The molecule has 0 saturated carbocycles. The van der Waals surface area contributed by atoms with Crippen LogP contribution in [-0.2, 0) is 11.4 Å². The first kappa shape index (κ1) is 19.2. The van der Waals surface area contributed by atoms with Gasteiger partial charge in [0, 0.05) is 18.6 Å². The first-order valence-corrected chi connectivity index (χ1v) is 8.99. The van der Waals surface area contributed by atoms with Crippen molar-refractivity contribution in [1.29, 1.82) is 5.26 Å². The number of nitriles is 1. The summed E-state index contributed by atoms with van der Waals surface area (Å²) in [4.78, 5) is 13.3. The second-order valence-electron chi connectivity index (χ2n) is 5.47. The number of amides is 1. The lowest BCUT2D eigenvalue weighted by atomic mass is 10.1. The third kappa shape index (κ3) is 5.45. The number of rotatable bonds is 5. The molecule has 0 bridgehead atoms. The second kappa shape index (κ2) is 8.84. The molecule has 0 aliphatic heterocycles.